The summed E-state index contributed by atoms with van der Waals surface area (Å²) in [7, 11) is 0. The molecule has 1 aromatic rings. The van der Waals surface area contributed by atoms with Crippen molar-refractivity contribution in [1.82, 2.24) is 0 Å². The van der Waals surface area contributed by atoms with E-state index in [4.69, 9.17) is 10.5 Å². The number of nitrogens with two attached hydrogens (primary N) is 1. The van der Waals surface area contributed by atoms with Gasteiger partial charge >= 0.3 is 0 Å². The molecular weight excluding hydrogens is 197 g/mol. The number of carbonyl (C=O) groups is 1. The molecule has 0 aliphatic carbocycles. The van der Waals surface area contributed by atoms with E-state index in [2.05, 4.69) is 0 Å². The van der Waals surface area contributed by atoms with Crippen LogP contribution >= 0.6 is 0 Å². The second kappa shape index (κ2) is 5.14. The second-order valence-corrected chi connectivity index (χ2v) is 2.85. The van der Waals surface area contributed by atoms with Crippen molar-refractivity contribution >= 4 is 12.0 Å². The molecule has 0 spiro atoms. The fourth-order valence-corrected chi connectivity index (χ4v) is 1.11. The van der Waals surface area contributed by atoms with Crippen LogP contribution < -0.4 is 10.5 Å². The molecule has 0 fully saturated rings. The molecule has 0 radical (unpaired) electrons. The normalized spacial score (nSPS) is 10.5. The zero-order valence-electron chi connectivity index (χ0n) is 8.37. The molecule has 2 N–H and O–H groups in total. The first-order valence-corrected chi connectivity index (χ1v) is 4.53. The van der Waals surface area contributed by atoms with Crippen molar-refractivity contribution in [2.45, 2.75) is 6.92 Å². The van der Waals surface area contributed by atoms with Crippen LogP contribution in [0.2, 0.25) is 0 Å². The van der Waals surface area contributed by atoms with Gasteiger partial charge in [0.15, 0.2) is 0 Å². The molecule has 0 atom stereocenters. The van der Waals surface area contributed by atoms with Gasteiger partial charge in [-0.3, -0.25) is 4.79 Å². The van der Waals surface area contributed by atoms with Gasteiger partial charge in [0, 0.05) is 11.6 Å². The lowest BCUT2D eigenvalue weighted by Gasteiger charge is -2.06. The van der Waals surface area contributed by atoms with E-state index in [1.807, 2.05) is 6.92 Å². The third kappa shape index (κ3) is 3.42. The number of hydrogen-bond donors (Lipinski definition) is 1. The first-order chi connectivity index (χ1) is 7.13. The minimum absolute atomic E-state index is 0.387. The minimum Gasteiger partial charge on any atom is -0.493 e. The standard InChI is InChI=1S/C11H12FNO2/c1-2-15-10-5-4-9(12)7-8(10)3-6-11(13)14/h3-7H,2H2,1H3,(H2,13,14). The average molecular weight is 209 g/mol. The molecule has 15 heavy (non-hydrogen) atoms. The quantitative estimate of drug-likeness (QED) is 0.767. The number of primary amides is 1. The lowest BCUT2D eigenvalue weighted by Crippen LogP contribution is -2.05. The summed E-state index contributed by atoms with van der Waals surface area (Å²) in [5.74, 6) is -0.444. The molecule has 0 unspecified atom stereocenters. The molecule has 0 aromatic heterocycles. The lowest BCUT2D eigenvalue weighted by atomic mass is 10.2. The van der Waals surface area contributed by atoms with Gasteiger partial charge in [-0.1, -0.05) is 0 Å². The van der Waals surface area contributed by atoms with Crippen LogP contribution in [-0.2, 0) is 4.79 Å². The third-order valence-corrected chi connectivity index (χ3v) is 1.70. The molecule has 3 nitrogen and oxygen atoms in total. The van der Waals surface area contributed by atoms with Crippen molar-refractivity contribution in [3.8, 4) is 5.75 Å². The Kier molecular flexibility index (Phi) is 3.85. The van der Waals surface area contributed by atoms with Gasteiger partial charge < -0.3 is 10.5 Å². The number of ether oxygens (including phenoxy) is 1. The Morgan fingerprint density at radius 3 is 2.93 bits per heavy atom. The van der Waals surface area contributed by atoms with E-state index in [-0.39, 0.29) is 5.82 Å². The fourth-order valence-electron chi connectivity index (χ4n) is 1.11. The summed E-state index contributed by atoms with van der Waals surface area (Å²) >= 11 is 0. The van der Waals surface area contributed by atoms with Crippen LogP contribution in [-0.4, -0.2) is 12.5 Å². The highest BCUT2D eigenvalue weighted by Gasteiger charge is 2.02. The number of rotatable bonds is 4. The van der Waals surface area contributed by atoms with E-state index in [9.17, 15) is 9.18 Å². The first kappa shape index (κ1) is 11.2. The van der Waals surface area contributed by atoms with Gasteiger partial charge in [-0.2, -0.15) is 0 Å². The van der Waals surface area contributed by atoms with E-state index in [1.165, 1.54) is 24.3 Å². The number of amides is 1. The number of hydrogen-bond acceptors (Lipinski definition) is 2. The van der Waals surface area contributed by atoms with Crippen LogP contribution in [0.15, 0.2) is 24.3 Å². The van der Waals surface area contributed by atoms with Crippen molar-refractivity contribution in [3.05, 3.63) is 35.7 Å². The van der Waals surface area contributed by atoms with E-state index >= 15 is 0 Å². The average Bonchev–Trinajstić information content (AvgIpc) is 2.18. The summed E-state index contributed by atoms with van der Waals surface area (Å²) in [4.78, 5) is 10.5. The summed E-state index contributed by atoms with van der Waals surface area (Å²) in [6, 6.07) is 4.09. The molecule has 0 aliphatic rings. The predicted octanol–water partition coefficient (Wildman–Crippen LogP) is 1.72. The molecule has 4 heteroatoms. The number of carbonyl (C=O) groups excluding carboxylic acids is 1. The molecule has 80 valence electrons. The zero-order valence-corrected chi connectivity index (χ0v) is 8.37. The summed E-state index contributed by atoms with van der Waals surface area (Å²) in [6.07, 6.45) is 2.59. The van der Waals surface area contributed by atoms with Gasteiger partial charge in [-0.25, -0.2) is 4.39 Å². The maximum Gasteiger partial charge on any atom is 0.241 e. The van der Waals surface area contributed by atoms with Crippen molar-refractivity contribution in [2.75, 3.05) is 6.61 Å². The van der Waals surface area contributed by atoms with Crippen LogP contribution in [0.3, 0.4) is 0 Å². The van der Waals surface area contributed by atoms with Crippen molar-refractivity contribution in [2.24, 2.45) is 5.73 Å². The Bertz CT molecular complexity index is 388. The Hall–Kier alpha value is -1.84. The summed E-state index contributed by atoms with van der Waals surface area (Å²) in [5, 5.41) is 0. The van der Waals surface area contributed by atoms with Crippen LogP contribution in [0.4, 0.5) is 4.39 Å². The molecule has 1 amide bonds. The molecule has 0 saturated carbocycles. The van der Waals surface area contributed by atoms with Gasteiger partial charge in [0.05, 0.1) is 6.61 Å². The highest BCUT2D eigenvalue weighted by molar-refractivity contribution is 5.90. The van der Waals surface area contributed by atoms with Gasteiger partial charge in [-0.15, -0.1) is 0 Å². The summed E-state index contributed by atoms with van der Waals surface area (Å²) in [6.45, 7) is 2.30. The smallest absolute Gasteiger partial charge is 0.241 e. The fraction of sp³-hybridized carbons (Fsp3) is 0.182. The second-order valence-electron chi connectivity index (χ2n) is 2.85. The largest absolute Gasteiger partial charge is 0.493 e. The van der Waals surface area contributed by atoms with Crippen molar-refractivity contribution in [1.29, 1.82) is 0 Å². The third-order valence-electron chi connectivity index (χ3n) is 1.70. The topological polar surface area (TPSA) is 52.3 Å². The van der Waals surface area contributed by atoms with Crippen LogP contribution in [0, 0.1) is 5.82 Å². The van der Waals surface area contributed by atoms with Gasteiger partial charge in [0.25, 0.3) is 0 Å². The monoisotopic (exact) mass is 209 g/mol. The highest BCUT2D eigenvalue weighted by Crippen LogP contribution is 2.21. The molecule has 1 aromatic carbocycles. The van der Waals surface area contributed by atoms with Gasteiger partial charge in [0.1, 0.15) is 11.6 Å². The van der Waals surface area contributed by atoms with E-state index in [0.29, 0.717) is 17.9 Å². The van der Waals surface area contributed by atoms with E-state index < -0.39 is 5.91 Å². The maximum atomic E-state index is 12.9. The van der Waals surface area contributed by atoms with Crippen LogP contribution in [0.25, 0.3) is 6.08 Å². The van der Waals surface area contributed by atoms with Crippen LogP contribution in [0.5, 0.6) is 5.75 Å². The van der Waals surface area contributed by atoms with Gasteiger partial charge in [0.2, 0.25) is 5.91 Å². The summed E-state index contributed by atoms with van der Waals surface area (Å²) < 4.78 is 18.2. The molecule has 0 heterocycles. The molecule has 0 aliphatic heterocycles. The maximum absolute atomic E-state index is 12.9. The lowest BCUT2D eigenvalue weighted by molar-refractivity contribution is -0.113. The molecule has 0 saturated heterocycles. The Labute approximate surface area is 87.3 Å². The van der Waals surface area contributed by atoms with Crippen LogP contribution in [0.1, 0.15) is 12.5 Å². The van der Waals surface area contributed by atoms with E-state index in [0.717, 1.165) is 6.08 Å². The SMILES string of the molecule is CCOc1ccc(F)cc1C=CC(N)=O. The van der Waals surface area contributed by atoms with Crippen molar-refractivity contribution < 1.29 is 13.9 Å². The molecule has 0 bridgehead atoms. The Morgan fingerprint density at radius 1 is 1.60 bits per heavy atom. The van der Waals surface area contributed by atoms with Crippen molar-refractivity contribution in [3.63, 3.8) is 0 Å². The zero-order chi connectivity index (χ0) is 11.3. The highest BCUT2D eigenvalue weighted by atomic mass is 19.1. The van der Waals surface area contributed by atoms with Gasteiger partial charge in [-0.05, 0) is 31.2 Å². The Balaban J connectivity index is 3.01. The minimum atomic E-state index is -0.582. The number of halogens is 1. The Morgan fingerprint density at radius 2 is 2.33 bits per heavy atom. The molecular formula is C11H12FNO2. The predicted molar refractivity (Wildman–Crippen MR) is 55.8 cm³/mol. The number of benzene rings is 1. The summed E-state index contributed by atoms with van der Waals surface area (Å²) in [5.41, 5.74) is 5.44. The van der Waals surface area contributed by atoms with E-state index in [1.54, 1.807) is 0 Å². The molecule has 1 rings (SSSR count). The first-order valence-electron chi connectivity index (χ1n) is 4.53.